The van der Waals surface area contributed by atoms with Crippen LogP contribution in [0.4, 0.5) is 5.69 Å². The summed E-state index contributed by atoms with van der Waals surface area (Å²) in [7, 11) is 0. The summed E-state index contributed by atoms with van der Waals surface area (Å²) in [5.41, 5.74) is 7.29. The van der Waals surface area contributed by atoms with Gasteiger partial charge in [0.25, 0.3) is 5.91 Å². The molecule has 1 aromatic carbocycles. The van der Waals surface area contributed by atoms with Gasteiger partial charge in [0.1, 0.15) is 5.15 Å². The van der Waals surface area contributed by atoms with Gasteiger partial charge in [0.2, 0.25) is 0 Å². The molecular formula is C14H13BrClN3O. The van der Waals surface area contributed by atoms with Gasteiger partial charge in [-0.05, 0) is 30.7 Å². The van der Waals surface area contributed by atoms with Crippen LogP contribution in [0, 0.1) is 0 Å². The summed E-state index contributed by atoms with van der Waals surface area (Å²) in [6.07, 6.45) is 1.41. The van der Waals surface area contributed by atoms with Crippen molar-refractivity contribution in [2.75, 3.05) is 5.73 Å². The molecule has 0 fully saturated rings. The lowest BCUT2D eigenvalue weighted by Gasteiger charge is -2.15. The van der Waals surface area contributed by atoms with Crippen LogP contribution in [0.5, 0.6) is 0 Å². The van der Waals surface area contributed by atoms with Crippen molar-refractivity contribution in [3.63, 3.8) is 0 Å². The van der Waals surface area contributed by atoms with E-state index in [1.807, 2.05) is 31.2 Å². The molecule has 0 aliphatic rings. The predicted molar refractivity (Wildman–Crippen MR) is 83.7 cm³/mol. The van der Waals surface area contributed by atoms with E-state index in [0.29, 0.717) is 5.69 Å². The van der Waals surface area contributed by atoms with E-state index in [1.54, 1.807) is 0 Å². The summed E-state index contributed by atoms with van der Waals surface area (Å²) in [6.45, 7) is 1.90. The maximum atomic E-state index is 12.2. The number of nitrogens with one attached hydrogen (secondary N) is 1. The molecule has 0 aliphatic heterocycles. The summed E-state index contributed by atoms with van der Waals surface area (Å²) in [5, 5.41) is 3.00. The number of halogens is 2. The number of benzene rings is 1. The first-order chi connectivity index (χ1) is 9.47. The Morgan fingerprint density at radius 2 is 2.05 bits per heavy atom. The van der Waals surface area contributed by atoms with Crippen molar-refractivity contribution < 1.29 is 4.79 Å². The highest BCUT2D eigenvalue weighted by Crippen LogP contribution is 2.19. The van der Waals surface area contributed by atoms with Crippen molar-refractivity contribution in [3.05, 3.63) is 57.3 Å². The van der Waals surface area contributed by atoms with E-state index in [1.165, 1.54) is 12.3 Å². The lowest BCUT2D eigenvalue weighted by molar-refractivity contribution is 0.0939. The fraction of sp³-hybridized carbons (Fsp3) is 0.143. The monoisotopic (exact) mass is 353 g/mol. The molecule has 0 unspecified atom stereocenters. The normalized spacial score (nSPS) is 11.9. The molecule has 6 heteroatoms. The standard InChI is InChI=1S/C14H13BrClN3O/c1-8(9-2-4-10(15)5-3-9)19-14(20)12-6-11(17)7-18-13(12)16/h2-8H,17H2,1H3,(H,19,20)/t8-/m1/s1. The number of hydrogen-bond donors (Lipinski definition) is 2. The second-order valence-electron chi connectivity index (χ2n) is 4.35. The Kier molecular flexibility index (Phi) is 4.62. The van der Waals surface area contributed by atoms with Gasteiger partial charge in [0, 0.05) is 4.47 Å². The Hall–Kier alpha value is -1.59. The van der Waals surface area contributed by atoms with E-state index in [0.717, 1.165) is 10.0 Å². The van der Waals surface area contributed by atoms with Crippen molar-refractivity contribution in [2.45, 2.75) is 13.0 Å². The second-order valence-corrected chi connectivity index (χ2v) is 5.63. The molecule has 2 aromatic rings. The number of aromatic nitrogens is 1. The largest absolute Gasteiger partial charge is 0.397 e. The minimum atomic E-state index is -0.301. The zero-order valence-electron chi connectivity index (χ0n) is 10.7. The molecule has 0 aliphatic carbocycles. The summed E-state index contributed by atoms with van der Waals surface area (Å²) in [5.74, 6) is -0.301. The molecule has 3 N–H and O–H groups in total. The van der Waals surface area contributed by atoms with Crippen LogP contribution in [-0.2, 0) is 0 Å². The van der Waals surface area contributed by atoms with Gasteiger partial charge in [-0.2, -0.15) is 0 Å². The fourth-order valence-corrected chi connectivity index (χ4v) is 2.19. The van der Waals surface area contributed by atoms with Crippen LogP contribution in [-0.4, -0.2) is 10.9 Å². The van der Waals surface area contributed by atoms with E-state index >= 15 is 0 Å². The Labute approximate surface area is 130 Å². The number of nitrogen functional groups attached to an aromatic ring is 1. The third kappa shape index (κ3) is 3.49. The van der Waals surface area contributed by atoms with Gasteiger partial charge < -0.3 is 11.1 Å². The number of pyridine rings is 1. The Balaban J connectivity index is 2.15. The smallest absolute Gasteiger partial charge is 0.254 e. The third-order valence-electron chi connectivity index (χ3n) is 2.82. The Bertz CT molecular complexity index is 631. The molecule has 0 radical (unpaired) electrons. The highest BCUT2D eigenvalue weighted by atomic mass is 79.9. The molecular weight excluding hydrogens is 342 g/mol. The molecule has 2 rings (SSSR count). The van der Waals surface area contributed by atoms with E-state index in [2.05, 4.69) is 26.2 Å². The topological polar surface area (TPSA) is 68.0 Å². The van der Waals surface area contributed by atoms with Gasteiger partial charge in [-0.1, -0.05) is 39.7 Å². The summed E-state index contributed by atoms with van der Waals surface area (Å²) < 4.78 is 0.989. The highest BCUT2D eigenvalue weighted by Gasteiger charge is 2.15. The highest BCUT2D eigenvalue weighted by molar-refractivity contribution is 9.10. The van der Waals surface area contributed by atoms with Crippen LogP contribution >= 0.6 is 27.5 Å². The molecule has 1 amide bonds. The molecule has 1 aromatic heterocycles. The molecule has 1 atom stereocenters. The minimum absolute atomic E-state index is 0.139. The maximum Gasteiger partial charge on any atom is 0.254 e. The first-order valence-electron chi connectivity index (χ1n) is 5.94. The van der Waals surface area contributed by atoms with Crippen LogP contribution < -0.4 is 11.1 Å². The molecule has 4 nitrogen and oxygen atoms in total. The van der Waals surface area contributed by atoms with Gasteiger partial charge in [-0.3, -0.25) is 4.79 Å². The molecule has 0 saturated heterocycles. The van der Waals surface area contributed by atoms with Crippen LogP contribution in [0.1, 0.15) is 28.9 Å². The van der Waals surface area contributed by atoms with Gasteiger partial charge in [0.15, 0.2) is 0 Å². The summed E-state index contributed by atoms with van der Waals surface area (Å²) in [6, 6.07) is 9.09. The SMILES string of the molecule is C[C@@H](NC(=O)c1cc(N)cnc1Cl)c1ccc(Br)cc1. The van der Waals surface area contributed by atoms with Crippen LogP contribution in [0.25, 0.3) is 0 Å². The van der Waals surface area contributed by atoms with E-state index in [-0.39, 0.29) is 22.7 Å². The van der Waals surface area contributed by atoms with Gasteiger partial charge >= 0.3 is 0 Å². The molecule has 20 heavy (non-hydrogen) atoms. The van der Waals surface area contributed by atoms with Gasteiger partial charge in [-0.25, -0.2) is 4.98 Å². The van der Waals surface area contributed by atoms with Crippen LogP contribution in [0.2, 0.25) is 5.15 Å². The quantitative estimate of drug-likeness (QED) is 0.828. The van der Waals surface area contributed by atoms with Gasteiger partial charge in [0.05, 0.1) is 23.5 Å². The van der Waals surface area contributed by atoms with E-state index < -0.39 is 0 Å². The molecule has 0 saturated carbocycles. The number of anilines is 1. The van der Waals surface area contributed by atoms with Crippen molar-refractivity contribution in [2.24, 2.45) is 0 Å². The number of nitrogens with zero attached hydrogens (tertiary/aromatic N) is 1. The predicted octanol–water partition coefficient (Wildman–Crippen LogP) is 3.57. The van der Waals surface area contributed by atoms with E-state index in [4.69, 9.17) is 17.3 Å². The lowest BCUT2D eigenvalue weighted by atomic mass is 10.1. The minimum Gasteiger partial charge on any atom is -0.397 e. The van der Waals surface area contributed by atoms with Crippen LogP contribution in [0.15, 0.2) is 41.0 Å². The van der Waals surface area contributed by atoms with Gasteiger partial charge in [-0.15, -0.1) is 0 Å². The molecule has 0 spiro atoms. The fourth-order valence-electron chi connectivity index (χ4n) is 1.73. The molecule has 104 valence electrons. The number of nitrogens with two attached hydrogens (primary N) is 1. The summed E-state index contributed by atoms with van der Waals surface area (Å²) in [4.78, 5) is 16.0. The Morgan fingerprint density at radius 3 is 2.70 bits per heavy atom. The first-order valence-corrected chi connectivity index (χ1v) is 7.12. The van der Waals surface area contributed by atoms with Crippen molar-refractivity contribution >= 4 is 39.1 Å². The molecule has 0 bridgehead atoms. The summed E-state index contributed by atoms with van der Waals surface area (Å²) >= 11 is 9.28. The average Bonchev–Trinajstić information content (AvgIpc) is 2.42. The zero-order valence-corrected chi connectivity index (χ0v) is 13.1. The van der Waals surface area contributed by atoms with Crippen molar-refractivity contribution in [1.29, 1.82) is 0 Å². The second kappa shape index (κ2) is 6.24. The van der Waals surface area contributed by atoms with E-state index in [9.17, 15) is 4.79 Å². The maximum absolute atomic E-state index is 12.2. The number of amides is 1. The average molecular weight is 355 g/mol. The third-order valence-corrected chi connectivity index (χ3v) is 3.65. The zero-order chi connectivity index (χ0) is 14.7. The van der Waals surface area contributed by atoms with Crippen molar-refractivity contribution in [1.82, 2.24) is 10.3 Å². The number of rotatable bonds is 3. The van der Waals surface area contributed by atoms with Crippen molar-refractivity contribution in [3.8, 4) is 0 Å². The number of carbonyl (C=O) groups is 1. The van der Waals surface area contributed by atoms with Crippen LogP contribution in [0.3, 0.4) is 0 Å². The number of hydrogen-bond acceptors (Lipinski definition) is 3. The first kappa shape index (κ1) is 14.8. The lowest BCUT2D eigenvalue weighted by Crippen LogP contribution is -2.27. The molecule has 1 heterocycles. The Morgan fingerprint density at radius 1 is 1.40 bits per heavy atom. The number of carbonyl (C=O) groups excluding carboxylic acids is 1.